The Morgan fingerprint density at radius 1 is 1.07 bits per heavy atom. The summed E-state index contributed by atoms with van der Waals surface area (Å²) in [5.74, 6) is 3.12. The molecule has 8 heteroatoms. The number of amides is 1. The summed E-state index contributed by atoms with van der Waals surface area (Å²) in [5, 5.41) is 2.16. The van der Waals surface area contributed by atoms with E-state index in [4.69, 9.17) is 14.5 Å². The van der Waals surface area contributed by atoms with Crippen molar-refractivity contribution >= 4 is 27.6 Å². The number of carbonyl (C=O) groups is 1. The fraction of sp³-hybridized carbons (Fsp3) is 0.529. The van der Waals surface area contributed by atoms with E-state index >= 15 is 0 Å². The van der Waals surface area contributed by atoms with Crippen molar-refractivity contribution in [2.24, 2.45) is 13.0 Å². The predicted octanol–water partition coefficient (Wildman–Crippen LogP) is 8.03. The minimum atomic E-state index is -0.454. The number of ether oxygens (including phenoxy) is 2. The Morgan fingerprint density at radius 2 is 1.83 bits per heavy atom. The number of carbonyl (C=O) groups excluding carboxylic acids is 1. The number of hydrogen-bond acceptors (Lipinski definition) is 5. The number of nitrogens with zero attached hydrogens (tertiary/aromatic N) is 4. The van der Waals surface area contributed by atoms with E-state index in [1.807, 2.05) is 25.7 Å². The van der Waals surface area contributed by atoms with E-state index in [0.717, 1.165) is 56.9 Å². The second kappa shape index (κ2) is 12.2. The number of aromatic nitrogens is 3. The summed E-state index contributed by atoms with van der Waals surface area (Å²) >= 11 is 1.79. The zero-order chi connectivity index (χ0) is 29.3. The lowest BCUT2D eigenvalue weighted by Crippen LogP contribution is -2.42. The maximum absolute atomic E-state index is 12.3. The van der Waals surface area contributed by atoms with Gasteiger partial charge in [0, 0.05) is 44.5 Å². The molecule has 2 fully saturated rings. The third kappa shape index (κ3) is 6.38. The molecule has 0 N–H and O–H groups in total. The summed E-state index contributed by atoms with van der Waals surface area (Å²) in [6, 6.07) is 13.1. The highest BCUT2D eigenvalue weighted by Gasteiger charge is 2.28. The number of benzene rings is 1. The monoisotopic (exact) mass is 588 g/mol. The molecule has 1 saturated carbocycles. The van der Waals surface area contributed by atoms with Crippen LogP contribution in [0.5, 0.6) is 5.75 Å². The first-order valence-corrected chi connectivity index (χ1v) is 16.4. The molecule has 42 heavy (non-hydrogen) atoms. The normalized spacial score (nSPS) is 16.6. The van der Waals surface area contributed by atoms with Gasteiger partial charge in [-0.05, 0) is 100 Å². The van der Waals surface area contributed by atoms with Crippen LogP contribution in [0.2, 0.25) is 0 Å². The molecular weight excluding hydrogens is 544 g/mol. The van der Waals surface area contributed by atoms with Crippen LogP contribution >= 0.6 is 11.3 Å². The van der Waals surface area contributed by atoms with Gasteiger partial charge < -0.3 is 23.5 Å². The van der Waals surface area contributed by atoms with Gasteiger partial charge in [0.1, 0.15) is 11.4 Å². The van der Waals surface area contributed by atoms with E-state index in [-0.39, 0.29) is 6.09 Å². The summed E-state index contributed by atoms with van der Waals surface area (Å²) in [5.41, 5.74) is 4.77. The van der Waals surface area contributed by atoms with Gasteiger partial charge in [-0.1, -0.05) is 18.6 Å². The largest absolute Gasteiger partial charge is 0.493 e. The third-order valence-electron chi connectivity index (χ3n) is 8.83. The number of hydrogen-bond donors (Lipinski definition) is 0. The number of imidazole rings is 1. The molecule has 7 nitrogen and oxygen atoms in total. The van der Waals surface area contributed by atoms with Crippen molar-refractivity contribution in [1.82, 2.24) is 19.0 Å². The van der Waals surface area contributed by atoms with E-state index in [1.165, 1.54) is 46.4 Å². The lowest BCUT2D eigenvalue weighted by atomic mass is 9.83. The highest BCUT2D eigenvalue weighted by atomic mass is 32.1. The number of piperidine rings is 1. The van der Waals surface area contributed by atoms with Crippen molar-refractivity contribution in [2.75, 3.05) is 19.7 Å². The lowest BCUT2D eigenvalue weighted by molar-refractivity contribution is 0.0165. The smallest absolute Gasteiger partial charge is 0.410 e. The Labute approximate surface area is 253 Å². The first kappa shape index (κ1) is 28.8. The Bertz CT molecular complexity index is 1500. The van der Waals surface area contributed by atoms with Crippen LogP contribution in [-0.2, 0) is 24.8 Å². The minimum Gasteiger partial charge on any atom is -0.493 e. The molecule has 6 rings (SSSR count). The first-order valence-electron chi connectivity index (χ1n) is 15.5. The molecule has 2 aliphatic rings. The maximum Gasteiger partial charge on any atom is 0.410 e. The highest BCUT2D eigenvalue weighted by Crippen LogP contribution is 2.39. The molecule has 0 spiro atoms. The standard InChI is InChI=1S/C34H44N4O3S/c1-34(2,3)41-33(39)37-18-14-25(15-19-37)23-40-27-12-10-24(11-13-27)7-6-17-38-30(26-8-5-9-26)22-35-32(38)29-21-31-28(36(29)4)16-20-42-31/h10-13,16,20-22,25-26H,5-9,14-15,17-19,23H2,1-4H3. The van der Waals surface area contributed by atoms with Crippen LogP contribution in [-0.4, -0.2) is 50.4 Å². The molecule has 0 bridgehead atoms. The SMILES string of the molecule is Cn1c(-c2ncc(C3CCC3)n2CCCc2ccc(OCC3CCN(C(=O)OC(C)(C)C)CC3)cc2)cc2sccc21. The van der Waals surface area contributed by atoms with Crippen molar-refractivity contribution in [3.8, 4) is 17.3 Å². The van der Waals surface area contributed by atoms with Crippen molar-refractivity contribution < 1.29 is 14.3 Å². The molecule has 0 unspecified atom stereocenters. The number of thiophene rings is 1. The van der Waals surface area contributed by atoms with Crippen LogP contribution in [0.25, 0.3) is 21.7 Å². The lowest BCUT2D eigenvalue weighted by Gasteiger charge is -2.33. The highest BCUT2D eigenvalue weighted by molar-refractivity contribution is 7.17. The molecule has 3 aromatic heterocycles. The average Bonchev–Trinajstić information content (AvgIpc) is 3.63. The van der Waals surface area contributed by atoms with E-state index in [9.17, 15) is 4.79 Å². The van der Waals surface area contributed by atoms with Crippen molar-refractivity contribution in [3.63, 3.8) is 0 Å². The van der Waals surface area contributed by atoms with Gasteiger partial charge in [0.05, 0.1) is 22.5 Å². The van der Waals surface area contributed by atoms with Crippen LogP contribution in [0.15, 0.2) is 48.0 Å². The van der Waals surface area contributed by atoms with Crippen LogP contribution in [0.1, 0.15) is 76.5 Å². The van der Waals surface area contributed by atoms with Gasteiger partial charge in [-0.15, -0.1) is 11.3 Å². The Hall–Kier alpha value is -3.26. The Kier molecular flexibility index (Phi) is 8.35. The van der Waals surface area contributed by atoms with Crippen LogP contribution in [0, 0.1) is 5.92 Å². The molecule has 1 aliphatic carbocycles. The zero-order valence-electron chi connectivity index (χ0n) is 25.5. The van der Waals surface area contributed by atoms with Gasteiger partial charge in [-0.3, -0.25) is 0 Å². The van der Waals surface area contributed by atoms with Gasteiger partial charge >= 0.3 is 6.09 Å². The summed E-state index contributed by atoms with van der Waals surface area (Å²) in [7, 11) is 2.16. The molecule has 1 aromatic carbocycles. The molecule has 0 atom stereocenters. The van der Waals surface area contributed by atoms with Crippen LogP contribution < -0.4 is 4.74 Å². The average molecular weight is 589 g/mol. The summed E-state index contributed by atoms with van der Waals surface area (Å²) < 4.78 is 17.8. The number of fused-ring (bicyclic) bond motifs is 1. The van der Waals surface area contributed by atoms with Gasteiger partial charge in [0.15, 0.2) is 5.82 Å². The second-order valence-corrected chi connectivity index (χ2v) is 14.0. The van der Waals surface area contributed by atoms with E-state index in [2.05, 4.69) is 64.2 Å². The molecule has 1 aliphatic heterocycles. The van der Waals surface area contributed by atoms with Crippen molar-refractivity contribution in [3.05, 3.63) is 59.2 Å². The number of aryl methyl sites for hydroxylation is 2. The van der Waals surface area contributed by atoms with E-state index in [0.29, 0.717) is 18.4 Å². The summed E-state index contributed by atoms with van der Waals surface area (Å²) in [6.45, 7) is 8.84. The summed E-state index contributed by atoms with van der Waals surface area (Å²) in [4.78, 5) is 19.1. The topological polar surface area (TPSA) is 61.5 Å². The van der Waals surface area contributed by atoms with E-state index in [1.54, 1.807) is 11.3 Å². The van der Waals surface area contributed by atoms with Crippen molar-refractivity contribution in [2.45, 2.75) is 83.8 Å². The maximum atomic E-state index is 12.3. The fourth-order valence-corrected chi connectivity index (χ4v) is 6.99. The summed E-state index contributed by atoms with van der Waals surface area (Å²) in [6.07, 6.45) is 9.77. The number of likely N-dealkylation sites (tertiary alicyclic amines) is 1. The fourth-order valence-electron chi connectivity index (χ4n) is 6.14. The molecule has 1 saturated heterocycles. The second-order valence-electron chi connectivity index (χ2n) is 13.0. The molecule has 4 heterocycles. The third-order valence-corrected chi connectivity index (χ3v) is 9.68. The molecule has 0 radical (unpaired) electrons. The quantitative estimate of drug-likeness (QED) is 0.199. The van der Waals surface area contributed by atoms with Crippen LogP contribution in [0.4, 0.5) is 4.79 Å². The number of rotatable bonds is 9. The van der Waals surface area contributed by atoms with Gasteiger partial charge in [0.25, 0.3) is 0 Å². The molecule has 4 aromatic rings. The molecule has 224 valence electrons. The minimum absolute atomic E-state index is 0.208. The molecule has 1 amide bonds. The van der Waals surface area contributed by atoms with Gasteiger partial charge in [-0.25, -0.2) is 9.78 Å². The van der Waals surface area contributed by atoms with Crippen molar-refractivity contribution in [1.29, 1.82) is 0 Å². The van der Waals surface area contributed by atoms with E-state index < -0.39 is 5.60 Å². The molecular formula is C34H44N4O3S. The van der Waals surface area contributed by atoms with Crippen LogP contribution in [0.3, 0.4) is 0 Å². The first-order chi connectivity index (χ1) is 20.2. The zero-order valence-corrected chi connectivity index (χ0v) is 26.3. The Balaban J connectivity index is 1.01. The predicted molar refractivity (Wildman–Crippen MR) is 169 cm³/mol. The van der Waals surface area contributed by atoms with Gasteiger partial charge in [0.2, 0.25) is 0 Å². The Morgan fingerprint density at radius 3 is 2.50 bits per heavy atom. The van der Waals surface area contributed by atoms with Gasteiger partial charge in [-0.2, -0.15) is 0 Å².